The van der Waals surface area contributed by atoms with Gasteiger partial charge in [-0.3, -0.25) is 0 Å². The topological polar surface area (TPSA) is 0 Å². The third kappa shape index (κ3) is 2.12. The van der Waals surface area contributed by atoms with Crippen molar-refractivity contribution in [2.24, 2.45) is 5.92 Å². The summed E-state index contributed by atoms with van der Waals surface area (Å²) in [7, 11) is 0. The van der Waals surface area contributed by atoms with E-state index in [1.807, 2.05) is 12.1 Å². The maximum atomic E-state index is 3.08. The fourth-order valence-electron chi connectivity index (χ4n) is 2.27. The molecule has 0 spiro atoms. The molecule has 13 heavy (non-hydrogen) atoms. The molecule has 0 bridgehead atoms. The molecule has 0 aromatic heterocycles. The van der Waals surface area contributed by atoms with Crippen LogP contribution in [0.1, 0.15) is 44.1 Å². The third-order valence-electron chi connectivity index (χ3n) is 3.23. The summed E-state index contributed by atoms with van der Waals surface area (Å²) in [5.74, 6) is 1.78. The van der Waals surface area contributed by atoms with E-state index in [2.05, 4.69) is 25.1 Å². The van der Waals surface area contributed by atoms with Crippen LogP contribution >= 0.6 is 0 Å². The van der Waals surface area contributed by atoms with Gasteiger partial charge >= 0.3 is 0 Å². The first kappa shape index (κ1) is 8.80. The van der Waals surface area contributed by atoms with E-state index in [0.29, 0.717) is 0 Å². The molecule has 2 rings (SSSR count). The predicted octanol–water partition coefficient (Wildman–Crippen LogP) is 3.78. The van der Waals surface area contributed by atoms with E-state index in [9.17, 15) is 0 Å². The zero-order valence-corrected chi connectivity index (χ0v) is 8.29. The molecule has 69 valence electrons. The van der Waals surface area contributed by atoms with Crippen molar-refractivity contribution in [1.82, 2.24) is 0 Å². The average Bonchev–Trinajstić information content (AvgIpc) is 2.20. The molecule has 1 radical (unpaired) electrons. The molecule has 1 saturated carbocycles. The summed E-state index contributed by atoms with van der Waals surface area (Å²) in [4.78, 5) is 0. The number of rotatable bonds is 1. The normalized spacial score (nSPS) is 28.7. The lowest BCUT2D eigenvalue weighted by Crippen LogP contribution is -2.10. The van der Waals surface area contributed by atoms with Gasteiger partial charge in [-0.15, -0.1) is 0 Å². The highest BCUT2D eigenvalue weighted by Crippen LogP contribution is 2.34. The Morgan fingerprint density at radius 3 is 2.31 bits per heavy atom. The van der Waals surface area contributed by atoms with Crippen LogP contribution in [0.5, 0.6) is 0 Å². The molecule has 0 unspecified atom stereocenters. The monoisotopic (exact) mass is 173 g/mol. The summed E-state index contributed by atoms with van der Waals surface area (Å²) in [6.07, 6.45) is 5.57. The molecule has 1 aliphatic carbocycles. The molecule has 1 fully saturated rings. The SMILES string of the molecule is CC1CCC(c2cc[c]cc2)CC1. The molecule has 0 saturated heterocycles. The van der Waals surface area contributed by atoms with E-state index >= 15 is 0 Å². The average molecular weight is 173 g/mol. The van der Waals surface area contributed by atoms with E-state index in [0.717, 1.165) is 11.8 Å². The molecule has 0 heterocycles. The standard InChI is InChI=1S/C13H17/c1-11-7-9-13(10-8-11)12-5-3-2-4-6-12/h3-6,11,13H,7-10H2,1H3. The van der Waals surface area contributed by atoms with Crippen molar-refractivity contribution in [3.05, 3.63) is 35.9 Å². The van der Waals surface area contributed by atoms with Crippen LogP contribution in [0.4, 0.5) is 0 Å². The first-order chi connectivity index (χ1) is 6.36. The van der Waals surface area contributed by atoms with Gasteiger partial charge in [0.05, 0.1) is 0 Å². The van der Waals surface area contributed by atoms with E-state index < -0.39 is 0 Å². The number of hydrogen-bond acceptors (Lipinski definition) is 0. The molecule has 0 nitrogen and oxygen atoms in total. The van der Waals surface area contributed by atoms with Gasteiger partial charge in [-0.2, -0.15) is 0 Å². The van der Waals surface area contributed by atoms with Gasteiger partial charge < -0.3 is 0 Å². The molecular weight excluding hydrogens is 156 g/mol. The Labute approximate surface area is 81.0 Å². The summed E-state index contributed by atoms with van der Waals surface area (Å²) in [5.41, 5.74) is 1.52. The van der Waals surface area contributed by atoms with Crippen LogP contribution in [-0.4, -0.2) is 0 Å². The first-order valence-electron chi connectivity index (χ1n) is 5.32. The molecule has 1 aliphatic rings. The maximum Gasteiger partial charge on any atom is -0.0162 e. The molecule has 0 amide bonds. The highest BCUT2D eigenvalue weighted by molar-refractivity contribution is 5.19. The minimum absolute atomic E-state index is 0.825. The molecule has 1 aromatic carbocycles. The maximum absolute atomic E-state index is 3.08. The smallest absolute Gasteiger partial charge is 0.0162 e. The van der Waals surface area contributed by atoms with Crippen LogP contribution < -0.4 is 0 Å². The van der Waals surface area contributed by atoms with Crippen molar-refractivity contribution in [3.8, 4) is 0 Å². The molecule has 0 heteroatoms. The Morgan fingerprint density at radius 2 is 1.69 bits per heavy atom. The fourth-order valence-corrected chi connectivity index (χ4v) is 2.27. The van der Waals surface area contributed by atoms with Gasteiger partial charge in [0.2, 0.25) is 0 Å². The van der Waals surface area contributed by atoms with Gasteiger partial charge in [0.15, 0.2) is 0 Å². The van der Waals surface area contributed by atoms with Gasteiger partial charge in [-0.25, -0.2) is 0 Å². The van der Waals surface area contributed by atoms with Crippen LogP contribution in [0.25, 0.3) is 0 Å². The molecular formula is C13H17. The Bertz CT molecular complexity index is 242. The summed E-state index contributed by atoms with van der Waals surface area (Å²) in [6.45, 7) is 2.37. The van der Waals surface area contributed by atoms with Crippen LogP contribution in [0, 0.1) is 12.0 Å². The zero-order chi connectivity index (χ0) is 9.10. The van der Waals surface area contributed by atoms with Crippen LogP contribution in [0.2, 0.25) is 0 Å². The minimum atomic E-state index is 0.825. The van der Waals surface area contributed by atoms with E-state index in [4.69, 9.17) is 0 Å². The molecule has 0 aliphatic heterocycles. The van der Waals surface area contributed by atoms with E-state index in [-0.39, 0.29) is 0 Å². The summed E-state index contributed by atoms with van der Waals surface area (Å²) in [5, 5.41) is 0. The highest BCUT2D eigenvalue weighted by atomic mass is 14.2. The number of benzene rings is 1. The van der Waals surface area contributed by atoms with Gasteiger partial charge in [-0.1, -0.05) is 44.0 Å². The lowest BCUT2D eigenvalue weighted by Gasteiger charge is -2.26. The quantitative estimate of drug-likeness (QED) is 0.606. The minimum Gasteiger partial charge on any atom is -0.0625 e. The molecule has 0 atom stereocenters. The Hall–Kier alpha value is -0.780. The first-order valence-corrected chi connectivity index (χ1v) is 5.32. The van der Waals surface area contributed by atoms with Crippen molar-refractivity contribution < 1.29 is 0 Å². The van der Waals surface area contributed by atoms with Gasteiger partial charge in [-0.05, 0) is 36.3 Å². The second-order valence-corrected chi connectivity index (χ2v) is 4.29. The van der Waals surface area contributed by atoms with Gasteiger partial charge in [0.1, 0.15) is 0 Å². The summed E-state index contributed by atoms with van der Waals surface area (Å²) >= 11 is 0. The van der Waals surface area contributed by atoms with Crippen LogP contribution in [0.15, 0.2) is 24.3 Å². The fraction of sp³-hybridized carbons (Fsp3) is 0.538. The molecule has 0 N–H and O–H groups in total. The van der Waals surface area contributed by atoms with Crippen LogP contribution in [-0.2, 0) is 0 Å². The van der Waals surface area contributed by atoms with Crippen molar-refractivity contribution in [2.45, 2.75) is 38.5 Å². The van der Waals surface area contributed by atoms with Crippen molar-refractivity contribution in [1.29, 1.82) is 0 Å². The summed E-state index contributed by atoms with van der Waals surface area (Å²) in [6, 6.07) is 11.6. The molecule has 1 aromatic rings. The van der Waals surface area contributed by atoms with Gasteiger partial charge in [0, 0.05) is 0 Å². The Morgan fingerprint density at radius 1 is 1.08 bits per heavy atom. The van der Waals surface area contributed by atoms with Gasteiger partial charge in [0.25, 0.3) is 0 Å². The van der Waals surface area contributed by atoms with Crippen LogP contribution in [0.3, 0.4) is 0 Å². The lowest BCUT2D eigenvalue weighted by atomic mass is 9.79. The van der Waals surface area contributed by atoms with E-state index in [1.165, 1.54) is 31.2 Å². The zero-order valence-electron chi connectivity index (χ0n) is 8.29. The summed E-state index contributed by atoms with van der Waals surface area (Å²) < 4.78 is 0. The second-order valence-electron chi connectivity index (χ2n) is 4.29. The third-order valence-corrected chi connectivity index (χ3v) is 3.23. The Kier molecular flexibility index (Phi) is 2.68. The highest BCUT2D eigenvalue weighted by Gasteiger charge is 2.18. The van der Waals surface area contributed by atoms with Crippen molar-refractivity contribution in [2.75, 3.05) is 0 Å². The largest absolute Gasteiger partial charge is 0.0625 e. The predicted molar refractivity (Wildman–Crippen MR) is 55.7 cm³/mol. The Balaban J connectivity index is 2.03. The second kappa shape index (κ2) is 3.95. The van der Waals surface area contributed by atoms with Crippen molar-refractivity contribution in [3.63, 3.8) is 0 Å². The van der Waals surface area contributed by atoms with E-state index in [1.54, 1.807) is 0 Å². The van der Waals surface area contributed by atoms with Crippen molar-refractivity contribution >= 4 is 0 Å². The lowest BCUT2D eigenvalue weighted by molar-refractivity contribution is 0.348. The number of hydrogen-bond donors (Lipinski definition) is 0.